The van der Waals surface area contributed by atoms with E-state index in [1.165, 1.54) is 0 Å². The summed E-state index contributed by atoms with van der Waals surface area (Å²) in [6.07, 6.45) is 1.95. The Bertz CT molecular complexity index is 856. The Hall–Kier alpha value is -3.22. The number of benzene rings is 2. The highest BCUT2D eigenvalue weighted by Gasteiger charge is 2.32. The van der Waals surface area contributed by atoms with E-state index in [2.05, 4.69) is 5.32 Å². The molecule has 2 atom stereocenters. The van der Waals surface area contributed by atoms with Gasteiger partial charge >= 0.3 is 6.03 Å². The average molecular weight is 397 g/mol. The normalized spacial score (nSPS) is 16.9. The Morgan fingerprint density at radius 1 is 1.14 bits per heavy atom. The first-order chi connectivity index (χ1) is 14.0. The van der Waals surface area contributed by atoms with Crippen LogP contribution in [0.5, 0.6) is 11.5 Å². The summed E-state index contributed by atoms with van der Waals surface area (Å²) in [5.74, 6) is 1.27. The van der Waals surface area contributed by atoms with Gasteiger partial charge in [-0.1, -0.05) is 36.4 Å². The molecule has 0 radical (unpaired) electrons. The second-order valence-corrected chi connectivity index (χ2v) is 7.04. The lowest BCUT2D eigenvalue weighted by molar-refractivity contribution is -0.132. The van der Waals surface area contributed by atoms with Crippen LogP contribution in [-0.4, -0.2) is 37.6 Å². The first kappa shape index (κ1) is 20.5. The van der Waals surface area contributed by atoms with Crippen LogP contribution in [0.25, 0.3) is 0 Å². The van der Waals surface area contributed by atoms with Crippen molar-refractivity contribution < 1.29 is 19.1 Å². The van der Waals surface area contributed by atoms with Crippen LogP contribution in [0.3, 0.4) is 0 Å². The highest BCUT2D eigenvalue weighted by atomic mass is 16.5. The molecule has 1 heterocycles. The molecular weight excluding hydrogens is 370 g/mol. The fourth-order valence-corrected chi connectivity index (χ4v) is 3.87. The highest BCUT2D eigenvalue weighted by Crippen LogP contribution is 2.37. The number of primary amides is 1. The van der Waals surface area contributed by atoms with E-state index >= 15 is 0 Å². The van der Waals surface area contributed by atoms with Gasteiger partial charge in [-0.15, -0.1) is 0 Å². The van der Waals surface area contributed by atoms with Gasteiger partial charge in [0.15, 0.2) is 11.5 Å². The van der Waals surface area contributed by atoms with Crippen LogP contribution in [0.15, 0.2) is 48.5 Å². The van der Waals surface area contributed by atoms with Crippen LogP contribution in [0.2, 0.25) is 0 Å². The van der Waals surface area contributed by atoms with Crippen molar-refractivity contribution in [2.24, 2.45) is 5.73 Å². The van der Waals surface area contributed by atoms with Gasteiger partial charge in [-0.2, -0.15) is 0 Å². The SMILES string of the molecule is COc1ccc([C@@H]2CCCN2C(=O)C[C@H](NC(N)=O)c2ccccc2)cc1OC. The number of hydrogen-bond donors (Lipinski definition) is 2. The van der Waals surface area contributed by atoms with Crippen molar-refractivity contribution in [2.75, 3.05) is 20.8 Å². The van der Waals surface area contributed by atoms with Crippen molar-refractivity contribution in [1.82, 2.24) is 10.2 Å². The molecular formula is C22H27N3O4. The molecule has 2 aromatic carbocycles. The first-order valence-corrected chi connectivity index (χ1v) is 9.65. The minimum absolute atomic E-state index is 0.0233. The molecule has 0 aromatic heterocycles. The Kier molecular flexibility index (Phi) is 6.59. The number of carbonyl (C=O) groups is 2. The van der Waals surface area contributed by atoms with Crippen molar-refractivity contribution in [3.63, 3.8) is 0 Å². The summed E-state index contributed by atoms with van der Waals surface area (Å²) < 4.78 is 10.7. The molecule has 0 unspecified atom stereocenters. The van der Waals surface area contributed by atoms with Crippen molar-refractivity contribution >= 4 is 11.9 Å². The van der Waals surface area contributed by atoms with Crippen LogP contribution < -0.4 is 20.5 Å². The van der Waals surface area contributed by atoms with E-state index in [0.717, 1.165) is 24.0 Å². The largest absolute Gasteiger partial charge is 0.493 e. The zero-order valence-electron chi connectivity index (χ0n) is 16.8. The number of nitrogens with zero attached hydrogens (tertiary/aromatic N) is 1. The third-order valence-electron chi connectivity index (χ3n) is 5.26. The quantitative estimate of drug-likeness (QED) is 0.750. The molecule has 154 valence electrons. The number of likely N-dealkylation sites (tertiary alicyclic amines) is 1. The average Bonchev–Trinajstić information content (AvgIpc) is 3.23. The summed E-state index contributed by atoms with van der Waals surface area (Å²) in [5, 5.41) is 2.69. The third kappa shape index (κ3) is 4.80. The fraction of sp³-hybridized carbons (Fsp3) is 0.364. The lowest BCUT2D eigenvalue weighted by Crippen LogP contribution is -2.38. The summed E-state index contributed by atoms with van der Waals surface area (Å²) in [7, 11) is 3.19. The summed E-state index contributed by atoms with van der Waals surface area (Å²) >= 11 is 0. The van der Waals surface area contributed by atoms with Gasteiger partial charge in [-0.3, -0.25) is 4.79 Å². The molecule has 0 bridgehead atoms. The maximum Gasteiger partial charge on any atom is 0.312 e. The summed E-state index contributed by atoms with van der Waals surface area (Å²) in [6.45, 7) is 0.677. The van der Waals surface area contributed by atoms with Gasteiger partial charge in [0.1, 0.15) is 0 Å². The van der Waals surface area contributed by atoms with Gasteiger partial charge in [0.2, 0.25) is 5.91 Å². The number of amides is 3. The molecule has 7 nitrogen and oxygen atoms in total. The second kappa shape index (κ2) is 9.32. The van der Waals surface area contributed by atoms with Crippen LogP contribution in [-0.2, 0) is 4.79 Å². The van der Waals surface area contributed by atoms with E-state index in [-0.39, 0.29) is 18.4 Å². The molecule has 3 N–H and O–H groups in total. The van der Waals surface area contributed by atoms with Crippen molar-refractivity contribution in [3.8, 4) is 11.5 Å². The van der Waals surface area contributed by atoms with Crippen molar-refractivity contribution in [3.05, 3.63) is 59.7 Å². The Labute approximate surface area is 170 Å². The molecule has 1 aliphatic heterocycles. The lowest BCUT2D eigenvalue weighted by Gasteiger charge is -2.28. The number of urea groups is 1. The van der Waals surface area contributed by atoms with E-state index in [9.17, 15) is 9.59 Å². The molecule has 0 spiro atoms. The molecule has 3 rings (SSSR count). The molecule has 3 amide bonds. The van der Waals surface area contributed by atoms with E-state index in [0.29, 0.717) is 18.0 Å². The molecule has 2 aromatic rings. The van der Waals surface area contributed by atoms with Gasteiger partial charge in [0, 0.05) is 6.54 Å². The summed E-state index contributed by atoms with van der Waals surface area (Å²) in [6, 6.07) is 14.0. The van der Waals surface area contributed by atoms with Gasteiger partial charge in [0.05, 0.1) is 32.7 Å². The molecule has 1 aliphatic rings. The predicted molar refractivity (Wildman–Crippen MR) is 110 cm³/mol. The highest BCUT2D eigenvalue weighted by molar-refractivity contribution is 5.79. The summed E-state index contributed by atoms with van der Waals surface area (Å²) in [5.41, 5.74) is 7.19. The van der Waals surface area contributed by atoms with Crippen LogP contribution >= 0.6 is 0 Å². The zero-order chi connectivity index (χ0) is 20.8. The van der Waals surface area contributed by atoms with Crippen molar-refractivity contribution in [1.29, 1.82) is 0 Å². The number of carbonyl (C=O) groups excluding carboxylic acids is 2. The number of rotatable bonds is 7. The molecule has 1 saturated heterocycles. The minimum Gasteiger partial charge on any atom is -0.493 e. The topological polar surface area (TPSA) is 93.9 Å². The van der Waals surface area contributed by atoms with Gasteiger partial charge in [-0.25, -0.2) is 4.79 Å². The number of nitrogens with one attached hydrogen (secondary N) is 1. The van der Waals surface area contributed by atoms with Crippen LogP contribution in [0, 0.1) is 0 Å². The Balaban J connectivity index is 1.79. The number of hydrogen-bond acceptors (Lipinski definition) is 4. The smallest absolute Gasteiger partial charge is 0.312 e. The van der Waals surface area contributed by atoms with E-state index in [4.69, 9.17) is 15.2 Å². The number of ether oxygens (including phenoxy) is 2. The maximum atomic E-state index is 13.1. The minimum atomic E-state index is -0.649. The molecule has 29 heavy (non-hydrogen) atoms. The number of methoxy groups -OCH3 is 2. The van der Waals surface area contributed by atoms with Crippen LogP contribution in [0.1, 0.15) is 42.5 Å². The molecule has 0 aliphatic carbocycles. The fourth-order valence-electron chi connectivity index (χ4n) is 3.87. The van der Waals surface area contributed by atoms with Gasteiger partial charge in [-0.05, 0) is 36.1 Å². The maximum absolute atomic E-state index is 13.1. The second-order valence-electron chi connectivity index (χ2n) is 7.04. The molecule has 7 heteroatoms. The van der Waals surface area contributed by atoms with Gasteiger partial charge < -0.3 is 25.4 Å². The number of nitrogens with two attached hydrogens (primary N) is 1. The first-order valence-electron chi connectivity index (χ1n) is 9.65. The predicted octanol–water partition coefficient (Wildman–Crippen LogP) is 3.17. The van der Waals surface area contributed by atoms with Crippen LogP contribution in [0.4, 0.5) is 4.79 Å². The van der Waals surface area contributed by atoms with Crippen molar-refractivity contribution in [2.45, 2.75) is 31.3 Å². The van der Waals surface area contributed by atoms with Gasteiger partial charge in [0.25, 0.3) is 0 Å². The monoisotopic (exact) mass is 397 g/mol. The third-order valence-corrected chi connectivity index (χ3v) is 5.26. The molecule has 1 fully saturated rings. The lowest BCUT2D eigenvalue weighted by atomic mass is 10.0. The summed E-state index contributed by atoms with van der Waals surface area (Å²) in [4.78, 5) is 26.5. The zero-order valence-corrected chi connectivity index (χ0v) is 16.8. The van der Waals surface area contributed by atoms with E-state index in [1.54, 1.807) is 14.2 Å². The molecule has 0 saturated carbocycles. The Morgan fingerprint density at radius 2 is 1.86 bits per heavy atom. The Morgan fingerprint density at radius 3 is 2.52 bits per heavy atom. The van der Waals surface area contributed by atoms with E-state index < -0.39 is 12.1 Å². The standard InChI is InChI=1S/C22H27N3O4/c1-28-19-11-10-16(13-20(19)29-2)18-9-6-12-25(18)21(26)14-17(24-22(23)27)15-7-4-3-5-8-15/h3-5,7-8,10-11,13,17-18H,6,9,12,14H2,1-2H3,(H3,23,24,27)/t17-,18-/m0/s1. The van der Waals surface area contributed by atoms with E-state index in [1.807, 2.05) is 53.4 Å².